The van der Waals surface area contributed by atoms with Gasteiger partial charge in [0.15, 0.2) is 6.10 Å². The highest BCUT2D eigenvalue weighted by Gasteiger charge is 2.17. The van der Waals surface area contributed by atoms with Gasteiger partial charge in [-0.05, 0) is 103 Å². The summed E-state index contributed by atoms with van der Waals surface area (Å²) in [6.07, 6.45) is 78.5. The molecule has 0 N–H and O–H groups in total. The molecule has 0 radical (unpaired) electrons. The van der Waals surface area contributed by atoms with Gasteiger partial charge >= 0.3 is 11.9 Å². The number of allylic oxidation sites excluding steroid dienone is 16. The van der Waals surface area contributed by atoms with Gasteiger partial charge in [-0.1, -0.05) is 246 Å². The quantitative estimate of drug-likeness (QED) is 0.0345. The Kier molecular flexibility index (Phi) is 55.4. The molecule has 1 unspecified atom stereocenters. The Hall–Kier alpha value is -3.18. The van der Waals surface area contributed by atoms with E-state index in [1.54, 1.807) is 0 Å². The maximum Gasteiger partial charge on any atom is 0.306 e. The Morgan fingerprint density at radius 2 is 0.662 bits per heavy atom. The minimum absolute atomic E-state index is 0.0615. The highest BCUT2D eigenvalue weighted by atomic mass is 16.6. The largest absolute Gasteiger partial charge is 0.462 e. The second kappa shape index (κ2) is 58.1. The second-order valence-corrected chi connectivity index (χ2v) is 18.8. The fraction of sp³-hybridized carbons (Fsp3) is 0.714. The van der Waals surface area contributed by atoms with Crippen molar-refractivity contribution in [1.29, 1.82) is 0 Å². The van der Waals surface area contributed by atoms with E-state index in [0.717, 1.165) is 96.3 Å². The molecule has 0 aromatic rings. The van der Waals surface area contributed by atoms with Crippen LogP contribution in [-0.4, -0.2) is 37.9 Å². The molecule has 0 amide bonds. The van der Waals surface area contributed by atoms with E-state index < -0.39 is 6.10 Å². The van der Waals surface area contributed by atoms with Crippen molar-refractivity contribution in [2.24, 2.45) is 0 Å². The maximum atomic E-state index is 12.8. The number of rotatable bonds is 52. The molecule has 5 heteroatoms. The van der Waals surface area contributed by atoms with Gasteiger partial charge in [-0.15, -0.1) is 0 Å². The van der Waals surface area contributed by atoms with Crippen molar-refractivity contribution in [3.05, 3.63) is 97.2 Å². The number of ether oxygens (including phenoxy) is 3. The lowest BCUT2D eigenvalue weighted by Crippen LogP contribution is -2.30. The number of unbranched alkanes of at least 4 members (excludes halogenated alkanes) is 25. The highest BCUT2D eigenvalue weighted by Crippen LogP contribution is 2.15. The van der Waals surface area contributed by atoms with Crippen LogP contribution in [0.2, 0.25) is 0 Å². The van der Waals surface area contributed by atoms with Gasteiger partial charge in [-0.2, -0.15) is 0 Å². The van der Waals surface area contributed by atoms with Crippen molar-refractivity contribution in [1.82, 2.24) is 0 Å². The minimum Gasteiger partial charge on any atom is -0.462 e. The summed E-state index contributed by atoms with van der Waals surface area (Å²) in [5.41, 5.74) is 0. The number of esters is 2. The summed E-state index contributed by atoms with van der Waals surface area (Å²) < 4.78 is 17.4. The second-order valence-electron chi connectivity index (χ2n) is 18.8. The van der Waals surface area contributed by atoms with Crippen LogP contribution < -0.4 is 0 Å². The molecule has 68 heavy (non-hydrogen) atoms. The molecule has 1 atom stereocenters. The predicted molar refractivity (Wildman–Crippen MR) is 297 cm³/mol. The Bertz CT molecular complexity index is 1300. The Morgan fingerprint density at radius 3 is 1.10 bits per heavy atom. The molecule has 0 aromatic heterocycles. The monoisotopic (exact) mass is 945 g/mol. The molecular formula is C63H108O5. The van der Waals surface area contributed by atoms with Crippen LogP contribution in [-0.2, 0) is 23.8 Å². The van der Waals surface area contributed by atoms with Crippen LogP contribution in [0, 0.1) is 0 Å². The molecular weight excluding hydrogens is 837 g/mol. The smallest absolute Gasteiger partial charge is 0.306 e. The average Bonchev–Trinajstić information content (AvgIpc) is 3.34. The summed E-state index contributed by atoms with van der Waals surface area (Å²) >= 11 is 0. The van der Waals surface area contributed by atoms with Crippen molar-refractivity contribution in [3.8, 4) is 0 Å². The number of hydrogen-bond acceptors (Lipinski definition) is 5. The third-order valence-corrected chi connectivity index (χ3v) is 12.1. The van der Waals surface area contributed by atoms with Gasteiger partial charge in [-0.25, -0.2) is 0 Å². The van der Waals surface area contributed by atoms with Gasteiger partial charge in [-0.3, -0.25) is 9.59 Å². The van der Waals surface area contributed by atoms with Gasteiger partial charge in [0.2, 0.25) is 0 Å². The molecule has 0 heterocycles. The molecule has 0 saturated carbocycles. The first-order valence-corrected chi connectivity index (χ1v) is 28.8. The topological polar surface area (TPSA) is 61.8 Å². The van der Waals surface area contributed by atoms with E-state index in [0.29, 0.717) is 19.4 Å². The molecule has 0 aliphatic rings. The highest BCUT2D eigenvalue weighted by molar-refractivity contribution is 5.70. The van der Waals surface area contributed by atoms with Gasteiger partial charge in [0.25, 0.3) is 0 Å². The zero-order valence-electron chi connectivity index (χ0n) is 44.8. The van der Waals surface area contributed by atoms with Crippen molar-refractivity contribution >= 4 is 11.9 Å². The van der Waals surface area contributed by atoms with Crippen LogP contribution in [0.25, 0.3) is 0 Å². The van der Waals surface area contributed by atoms with E-state index in [-0.39, 0.29) is 25.2 Å². The first kappa shape index (κ1) is 64.8. The van der Waals surface area contributed by atoms with Crippen LogP contribution >= 0.6 is 0 Å². The van der Waals surface area contributed by atoms with Crippen LogP contribution in [0.1, 0.15) is 265 Å². The van der Waals surface area contributed by atoms with Crippen molar-refractivity contribution in [3.63, 3.8) is 0 Å². The predicted octanol–water partition coefficient (Wildman–Crippen LogP) is 19.8. The van der Waals surface area contributed by atoms with Gasteiger partial charge < -0.3 is 14.2 Å². The number of hydrogen-bond donors (Lipinski definition) is 0. The molecule has 0 fully saturated rings. The van der Waals surface area contributed by atoms with E-state index in [4.69, 9.17) is 14.2 Å². The van der Waals surface area contributed by atoms with E-state index in [9.17, 15) is 9.59 Å². The SMILES string of the molecule is CC/C=C\C/C=C\C/C=C\C/C=C\C/C=C\CCCCCC(=O)OCC(COCCCCCCCCC/C=C\C/C=C\C/C=C\CCCCC)OC(=O)CCCCCCCCCCCCCCC. The molecule has 0 aromatic carbocycles. The lowest BCUT2D eigenvalue weighted by molar-refractivity contribution is -0.163. The van der Waals surface area contributed by atoms with Crippen LogP contribution in [0.15, 0.2) is 97.2 Å². The Balaban J connectivity index is 4.34. The zero-order chi connectivity index (χ0) is 49.2. The Labute approximate surface area is 422 Å². The van der Waals surface area contributed by atoms with E-state index >= 15 is 0 Å². The summed E-state index contributed by atoms with van der Waals surface area (Å²) in [5, 5.41) is 0. The van der Waals surface area contributed by atoms with Crippen LogP contribution in [0.3, 0.4) is 0 Å². The molecule has 0 bridgehead atoms. The minimum atomic E-state index is -0.559. The van der Waals surface area contributed by atoms with E-state index in [2.05, 4.69) is 118 Å². The van der Waals surface area contributed by atoms with Crippen molar-refractivity contribution < 1.29 is 23.8 Å². The maximum absolute atomic E-state index is 12.8. The van der Waals surface area contributed by atoms with Gasteiger partial charge in [0.1, 0.15) is 6.61 Å². The molecule has 0 aliphatic heterocycles. The van der Waals surface area contributed by atoms with Crippen LogP contribution in [0.5, 0.6) is 0 Å². The lowest BCUT2D eigenvalue weighted by atomic mass is 10.0. The fourth-order valence-corrected chi connectivity index (χ4v) is 7.84. The summed E-state index contributed by atoms with van der Waals surface area (Å²) in [5.74, 6) is -0.436. The Morgan fingerprint density at radius 1 is 0.338 bits per heavy atom. The van der Waals surface area contributed by atoms with Crippen molar-refractivity contribution in [2.75, 3.05) is 19.8 Å². The normalized spacial score (nSPS) is 12.9. The molecule has 0 rings (SSSR count). The fourth-order valence-electron chi connectivity index (χ4n) is 7.84. The molecule has 0 saturated heterocycles. The van der Waals surface area contributed by atoms with E-state index in [1.165, 1.54) is 135 Å². The summed E-state index contributed by atoms with van der Waals surface area (Å²) in [6, 6.07) is 0. The van der Waals surface area contributed by atoms with Crippen molar-refractivity contribution in [2.45, 2.75) is 271 Å². The van der Waals surface area contributed by atoms with Gasteiger partial charge in [0.05, 0.1) is 6.61 Å². The van der Waals surface area contributed by atoms with Crippen LogP contribution in [0.4, 0.5) is 0 Å². The third kappa shape index (κ3) is 55.4. The zero-order valence-corrected chi connectivity index (χ0v) is 44.8. The van der Waals surface area contributed by atoms with Gasteiger partial charge in [0, 0.05) is 19.4 Å². The average molecular weight is 946 g/mol. The summed E-state index contributed by atoms with van der Waals surface area (Å²) in [6.45, 7) is 7.65. The molecule has 390 valence electrons. The third-order valence-electron chi connectivity index (χ3n) is 12.1. The number of carbonyl (C=O) groups excluding carboxylic acids is 2. The standard InChI is InChI=1S/C63H108O5/c1-4-7-10-13-16-19-22-25-27-29-31-33-35-37-40-43-46-49-52-55-58-66-59-61(68-63(65)57-54-51-48-45-42-38-24-21-18-15-12-9-6-3)60-67-62(64)56-53-50-47-44-41-39-36-34-32-30-28-26-23-20-17-14-11-8-5-2/h8,11,16-17,19-20,25-28,31-34,39,41,61H,4-7,9-10,12-15,18,21-24,29-30,35-38,40,42-60H2,1-3H3/b11-8-,19-16-,20-17-,27-25-,28-26-,33-31-,34-32-,41-39-. The summed E-state index contributed by atoms with van der Waals surface area (Å²) in [7, 11) is 0. The first-order chi connectivity index (χ1) is 33.6. The number of carbonyl (C=O) groups is 2. The van der Waals surface area contributed by atoms with E-state index in [1.807, 2.05) is 0 Å². The lowest BCUT2D eigenvalue weighted by Gasteiger charge is -2.18. The summed E-state index contributed by atoms with van der Waals surface area (Å²) in [4.78, 5) is 25.5. The molecule has 5 nitrogen and oxygen atoms in total. The molecule has 0 spiro atoms. The molecule has 0 aliphatic carbocycles. The first-order valence-electron chi connectivity index (χ1n) is 28.8.